The van der Waals surface area contributed by atoms with Crippen LogP contribution in [0.1, 0.15) is 23.9 Å². The zero-order valence-electron chi connectivity index (χ0n) is 18.1. The van der Waals surface area contributed by atoms with Gasteiger partial charge in [0.2, 0.25) is 17.6 Å². The van der Waals surface area contributed by atoms with Gasteiger partial charge in [-0.25, -0.2) is 0 Å². The predicted molar refractivity (Wildman–Crippen MR) is 118 cm³/mol. The van der Waals surface area contributed by atoms with Crippen LogP contribution in [0.2, 0.25) is 0 Å². The number of carbonyl (C=O) groups is 1. The van der Waals surface area contributed by atoms with Gasteiger partial charge >= 0.3 is 0 Å². The lowest BCUT2D eigenvalue weighted by molar-refractivity contribution is -0.132. The number of nitrogens with zero attached hydrogens (tertiary/aromatic N) is 4. The van der Waals surface area contributed by atoms with Gasteiger partial charge in [-0.05, 0) is 37.1 Å². The van der Waals surface area contributed by atoms with E-state index in [1.807, 2.05) is 67.3 Å². The Morgan fingerprint density at radius 1 is 1.06 bits per heavy atom. The molecule has 7 nitrogen and oxygen atoms in total. The predicted octanol–water partition coefficient (Wildman–Crippen LogP) is 3.33. The topological polar surface area (TPSA) is 71.7 Å². The molecule has 0 radical (unpaired) electrons. The Morgan fingerprint density at radius 3 is 2.52 bits per heavy atom. The highest BCUT2D eigenvalue weighted by Crippen LogP contribution is 2.20. The van der Waals surface area contributed by atoms with Gasteiger partial charge in [-0.3, -0.25) is 9.69 Å². The summed E-state index contributed by atoms with van der Waals surface area (Å²) in [5.74, 6) is 2.21. The van der Waals surface area contributed by atoms with Gasteiger partial charge in [-0.15, -0.1) is 0 Å². The molecule has 1 saturated heterocycles. The van der Waals surface area contributed by atoms with Crippen LogP contribution in [0.15, 0.2) is 53.1 Å². The highest BCUT2D eigenvalue weighted by atomic mass is 16.5. The van der Waals surface area contributed by atoms with E-state index in [0.717, 1.165) is 35.5 Å². The number of hydrogen-bond donors (Lipinski definition) is 0. The summed E-state index contributed by atoms with van der Waals surface area (Å²) in [5.41, 5.74) is 3.11. The van der Waals surface area contributed by atoms with Crippen LogP contribution in [-0.2, 0) is 17.8 Å². The smallest absolute Gasteiger partial charge is 0.241 e. The second-order valence-corrected chi connectivity index (χ2v) is 7.74. The maximum Gasteiger partial charge on any atom is 0.241 e. The van der Waals surface area contributed by atoms with Gasteiger partial charge < -0.3 is 14.2 Å². The third-order valence-corrected chi connectivity index (χ3v) is 5.53. The molecule has 4 rings (SSSR count). The van der Waals surface area contributed by atoms with E-state index >= 15 is 0 Å². The highest BCUT2D eigenvalue weighted by Gasteiger charge is 2.23. The molecular weight excluding hydrogens is 392 g/mol. The summed E-state index contributed by atoms with van der Waals surface area (Å²) in [7, 11) is 0. The first kappa shape index (κ1) is 21.1. The van der Waals surface area contributed by atoms with Crippen LogP contribution in [0.25, 0.3) is 11.4 Å². The van der Waals surface area contributed by atoms with Gasteiger partial charge in [0.25, 0.3) is 0 Å². The second-order valence-electron chi connectivity index (χ2n) is 7.74. The summed E-state index contributed by atoms with van der Waals surface area (Å²) in [6.07, 6.45) is 0.413. The van der Waals surface area contributed by atoms with Crippen LogP contribution in [0, 0.1) is 6.92 Å². The summed E-state index contributed by atoms with van der Waals surface area (Å²) >= 11 is 0. The molecule has 1 aromatic heterocycles. The molecule has 0 atom stereocenters. The van der Waals surface area contributed by atoms with E-state index in [0.29, 0.717) is 44.4 Å². The standard InChI is InChI=1S/C24H28N4O3/c1-3-30-20-10-8-19(9-11-20)16-23(29)28-14-12-27(13-15-28)17-22-25-24(26-31-22)21-7-5-4-6-18(21)2/h4-11H,3,12-17H2,1-2H3. The Morgan fingerprint density at radius 2 is 1.81 bits per heavy atom. The molecule has 0 spiro atoms. The van der Waals surface area contributed by atoms with Gasteiger partial charge in [0, 0.05) is 31.7 Å². The molecule has 31 heavy (non-hydrogen) atoms. The zero-order chi connectivity index (χ0) is 21.6. The minimum absolute atomic E-state index is 0.156. The normalized spacial score (nSPS) is 14.6. The fourth-order valence-electron chi connectivity index (χ4n) is 3.76. The Hall–Kier alpha value is -3.19. The van der Waals surface area contributed by atoms with Gasteiger partial charge in [0.05, 0.1) is 19.6 Å². The van der Waals surface area contributed by atoms with Crippen molar-refractivity contribution in [2.45, 2.75) is 26.8 Å². The number of rotatable bonds is 7. The van der Waals surface area contributed by atoms with E-state index in [2.05, 4.69) is 15.0 Å². The third-order valence-electron chi connectivity index (χ3n) is 5.53. The molecule has 7 heteroatoms. The van der Waals surface area contributed by atoms with Gasteiger partial charge in [-0.2, -0.15) is 4.98 Å². The molecule has 0 saturated carbocycles. The fraction of sp³-hybridized carbons (Fsp3) is 0.375. The van der Waals surface area contributed by atoms with Crippen LogP contribution in [-0.4, -0.2) is 58.6 Å². The third kappa shape index (κ3) is 5.30. The van der Waals surface area contributed by atoms with Crippen molar-refractivity contribution in [3.63, 3.8) is 0 Å². The van der Waals surface area contributed by atoms with Gasteiger partial charge in [0.1, 0.15) is 5.75 Å². The number of piperazine rings is 1. The largest absolute Gasteiger partial charge is 0.494 e. The molecule has 3 aromatic rings. The molecule has 0 unspecified atom stereocenters. The first-order valence-electron chi connectivity index (χ1n) is 10.7. The molecule has 1 aliphatic heterocycles. The van der Waals surface area contributed by atoms with E-state index < -0.39 is 0 Å². The lowest BCUT2D eigenvalue weighted by Crippen LogP contribution is -2.48. The molecule has 0 N–H and O–H groups in total. The molecule has 162 valence electrons. The molecule has 1 amide bonds. The van der Waals surface area contributed by atoms with Crippen molar-refractivity contribution in [2.24, 2.45) is 0 Å². The Balaban J connectivity index is 1.27. The first-order valence-corrected chi connectivity index (χ1v) is 10.7. The number of aryl methyl sites for hydroxylation is 1. The quantitative estimate of drug-likeness (QED) is 0.584. The van der Waals surface area contributed by atoms with E-state index in [9.17, 15) is 4.79 Å². The lowest BCUT2D eigenvalue weighted by Gasteiger charge is -2.34. The first-order chi connectivity index (χ1) is 15.1. The minimum Gasteiger partial charge on any atom is -0.494 e. The fourth-order valence-corrected chi connectivity index (χ4v) is 3.76. The number of ether oxygens (including phenoxy) is 1. The molecule has 2 aromatic carbocycles. The maximum atomic E-state index is 12.7. The van der Waals surface area contributed by atoms with Crippen molar-refractivity contribution in [3.05, 3.63) is 65.5 Å². The van der Waals surface area contributed by atoms with Gasteiger partial charge in [0.15, 0.2) is 0 Å². The number of benzene rings is 2. The highest BCUT2D eigenvalue weighted by molar-refractivity contribution is 5.79. The van der Waals surface area contributed by atoms with Crippen molar-refractivity contribution in [1.29, 1.82) is 0 Å². The van der Waals surface area contributed by atoms with Crippen LogP contribution >= 0.6 is 0 Å². The van der Waals surface area contributed by atoms with E-state index in [-0.39, 0.29) is 5.91 Å². The molecule has 1 fully saturated rings. The van der Waals surface area contributed by atoms with Gasteiger partial charge in [-0.1, -0.05) is 41.6 Å². The van der Waals surface area contributed by atoms with Crippen molar-refractivity contribution >= 4 is 5.91 Å². The van der Waals surface area contributed by atoms with E-state index in [1.165, 1.54) is 0 Å². The van der Waals surface area contributed by atoms with Crippen LogP contribution in [0.5, 0.6) is 5.75 Å². The summed E-state index contributed by atoms with van der Waals surface area (Å²) in [6.45, 7) is 8.21. The average molecular weight is 421 g/mol. The SMILES string of the molecule is CCOc1ccc(CC(=O)N2CCN(Cc3nc(-c4ccccc4C)no3)CC2)cc1. The minimum atomic E-state index is 0.156. The van der Waals surface area contributed by atoms with Crippen molar-refractivity contribution in [3.8, 4) is 17.1 Å². The molecule has 2 heterocycles. The van der Waals surface area contributed by atoms with Crippen molar-refractivity contribution < 1.29 is 14.1 Å². The Kier molecular flexibility index (Phi) is 6.62. The van der Waals surface area contributed by atoms with E-state index in [4.69, 9.17) is 9.26 Å². The summed E-state index contributed by atoms with van der Waals surface area (Å²) in [6, 6.07) is 15.8. The van der Waals surface area contributed by atoms with Crippen LogP contribution < -0.4 is 4.74 Å². The number of amides is 1. The number of hydrogen-bond acceptors (Lipinski definition) is 6. The number of aromatic nitrogens is 2. The van der Waals surface area contributed by atoms with E-state index in [1.54, 1.807) is 0 Å². The Labute approximate surface area is 182 Å². The second kappa shape index (κ2) is 9.75. The molecule has 0 bridgehead atoms. The molecular formula is C24H28N4O3. The zero-order valence-corrected chi connectivity index (χ0v) is 18.1. The molecule has 1 aliphatic rings. The summed E-state index contributed by atoms with van der Waals surface area (Å²) < 4.78 is 10.9. The lowest BCUT2D eigenvalue weighted by atomic mass is 10.1. The van der Waals surface area contributed by atoms with Crippen molar-refractivity contribution in [1.82, 2.24) is 19.9 Å². The monoisotopic (exact) mass is 420 g/mol. The number of carbonyl (C=O) groups excluding carboxylic acids is 1. The van der Waals surface area contributed by atoms with Crippen LogP contribution in [0.3, 0.4) is 0 Å². The van der Waals surface area contributed by atoms with Crippen molar-refractivity contribution in [2.75, 3.05) is 32.8 Å². The summed E-state index contributed by atoms with van der Waals surface area (Å²) in [5, 5.41) is 4.13. The average Bonchev–Trinajstić information content (AvgIpc) is 3.24. The maximum absolute atomic E-state index is 12.7. The summed E-state index contributed by atoms with van der Waals surface area (Å²) in [4.78, 5) is 21.4. The molecule has 0 aliphatic carbocycles. The van der Waals surface area contributed by atoms with Crippen LogP contribution in [0.4, 0.5) is 0 Å². The Bertz CT molecular complexity index is 1010.